The van der Waals surface area contributed by atoms with Crippen LogP contribution < -0.4 is 0 Å². The van der Waals surface area contributed by atoms with Crippen LogP contribution in [0.4, 0.5) is 8.78 Å². The number of alkyl halides is 2. The molecule has 0 aromatic carbocycles. The van der Waals surface area contributed by atoms with Crippen LogP contribution in [-0.4, -0.2) is 11.7 Å². The van der Waals surface area contributed by atoms with Gasteiger partial charge in [-0.1, -0.05) is 19.6 Å². The number of halogens is 2. The van der Waals surface area contributed by atoms with E-state index in [1.54, 1.807) is 0 Å². The minimum Gasteiger partial charge on any atom is -0.206 e. The van der Waals surface area contributed by atoms with E-state index in [9.17, 15) is 8.78 Å². The summed E-state index contributed by atoms with van der Waals surface area (Å²) in [5, 5.41) is 0. The second-order valence-electron chi connectivity index (χ2n) is 1.35. The summed E-state index contributed by atoms with van der Waals surface area (Å²) >= 11 is 4.14. The average molecular weight is 125 g/mol. The molecule has 0 N–H and O–H groups in total. The van der Waals surface area contributed by atoms with Gasteiger partial charge in [0.1, 0.15) is 0 Å². The molecular weight excluding hydrogens is 118 g/mol. The van der Waals surface area contributed by atoms with Crippen LogP contribution in [0.2, 0.25) is 0 Å². The first-order chi connectivity index (χ1) is 3.12. The number of hydrogen-bond acceptors (Lipinski definition) is 0. The van der Waals surface area contributed by atoms with Gasteiger partial charge in [-0.25, -0.2) is 8.78 Å². The van der Waals surface area contributed by atoms with Gasteiger partial charge in [-0.05, 0) is 0 Å². The zero-order valence-electron chi connectivity index (χ0n) is 4.08. The van der Waals surface area contributed by atoms with E-state index in [0.717, 1.165) is 0 Å². The molecule has 0 saturated carbocycles. The van der Waals surface area contributed by atoms with Crippen LogP contribution in [-0.2, 0) is 0 Å². The Morgan fingerprint density at radius 2 is 2.00 bits per heavy atom. The molecule has 0 nitrogen and oxygen atoms in total. The van der Waals surface area contributed by atoms with Gasteiger partial charge >= 0.3 is 0 Å². The lowest BCUT2D eigenvalue weighted by atomic mass is 10.3. The molecule has 0 heterocycles. The standard InChI is InChI=1S/C4H7F2S/c1-2-4(5,6)3-7/h2-3H2,1H3. The molecule has 0 bridgehead atoms. The molecule has 0 aliphatic carbocycles. The van der Waals surface area contributed by atoms with E-state index in [1.807, 2.05) is 0 Å². The summed E-state index contributed by atoms with van der Waals surface area (Å²) in [4.78, 5) is 0. The predicted octanol–water partition coefficient (Wildman–Crippen LogP) is 2.23. The fraction of sp³-hybridized carbons (Fsp3) is 1.00. The van der Waals surface area contributed by atoms with E-state index in [0.29, 0.717) is 0 Å². The Labute approximate surface area is 47.3 Å². The van der Waals surface area contributed by atoms with Gasteiger partial charge in [0.25, 0.3) is 5.92 Å². The van der Waals surface area contributed by atoms with Crippen LogP contribution in [0.1, 0.15) is 13.3 Å². The van der Waals surface area contributed by atoms with Crippen LogP contribution in [0.15, 0.2) is 0 Å². The largest absolute Gasteiger partial charge is 0.257 e. The maximum atomic E-state index is 11.8. The van der Waals surface area contributed by atoms with Crippen LogP contribution in [0.3, 0.4) is 0 Å². The topological polar surface area (TPSA) is 0 Å². The highest BCUT2D eigenvalue weighted by Crippen LogP contribution is 2.17. The Balaban J connectivity index is 3.36. The van der Waals surface area contributed by atoms with Crippen LogP contribution >= 0.6 is 12.6 Å². The number of rotatable bonds is 2. The third kappa shape index (κ3) is 2.85. The Hall–Kier alpha value is 0.210. The molecule has 0 spiro atoms. The molecule has 0 aliphatic rings. The maximum absolute atomic E-state index is 11.8. The molecule has 0 atom stereocenters. The second kappa shape index (κ2) is 2.50. The number of hydrogen-bond donors (Lipinski definition) is 0. The van der Waals surface area contributed by atoms with Crippen molar-refractivity contribution in [3.63, 3.8) is 0 Å². The zero-order chi connectivity index (χ0) is 5.91. The first kappa shape index (κ1) is 7.21. The summed E-state index contributed by atoms with van der Waals surface area (Å²) < 4.78 is 23.6. The van der Waals surface area contributed by atoms with Crippen molar-refractivity contribution in [3.8, 4) is 0 Å². The van der Waals surface area contributed by atoms with E-state index >= 15 is 0 Å². The van der Waals surface area contributed by atoms with Crippen molar-refractivity contribution in [2.24, 2.45) is 0 Å². The zero-order valence-corrected chi connectivity index (χ0v) is 4.89. The lowest BCUT2D eigenvalue weighted by molar-refractivity contribution is 0.0239. The summed E-state index contributed by atoms with van der Waals surface area (Å²) in [5.41, 5.74) is 0. The minimum atomic E-state index is -2.60. The maximum Gasteiger partial charge on any atom is 0.257 e. The Morgan fingerprint density at radius 3 is 2.00 bits per heavy atom. The van der Waals surface area contributed by atoms with Crippen LogP contribution in [0.5, 0.6) is 0 Å². The van der Waals surface area contributed by atoms with Crippen molar-refractivity contribution in [2.75, 3.05) is 5.75 Å². The lowest BCUT2D eigenvalue weighted by Gasteiger charge is -2.06. The third-order valence-electron chi connectivity index (χ3n) is 0.728. The van der Waals surface area contributed by atoms with Crippen molar-refractivity contribution in [1.29, 1.82) is 0 Å². The molecule has 0 aliphatic heterocycles. The molecule has 7 heavy (non-hydrogen) atoms. The highest BCUT2D eigenvalue weighted by molar-refractivity contribution is 7.80. The predicted molar refractivity (Wildman–Crippen MR) is 27.7 cm³/mol. The molecule has 1 radical (unpaired) electrons. The molecule has 0 amide bonds. The summed E-state index contributed by atoms with van der Waals surface area (Å²) in [6, 6.07) is 0. The van der Waals surface area contributed by atoms with Gasteiger partial charge in [-0.3, -0.25) is 0 Å². The second-order valence-corrected chi connectivity index (χ2v) is 1.64. The van der Waals surface area contributed by atoms with Gasteiger partial charge in [0.15, 0.2) is 0 Å². The highest BCUT2D eigenvalue weighted by Gasteiger charge is 2.23. The normalized spacial score (nSPS) is 12.0. The first-order valence-corrected chi connectivity index (χ1v) is 2.66. The summed E-state index contributed by atoms with van der Waals surface area (Å²) in [6.45, 7) is 1.42. The van der Waals surface area contributed by atoms with Gasteiger partial charge < -0.3 is 0 Å². The lowest BCUT2D eigenvalue weighted by Crippen LogP contribution is -2.15. The van der Waals surface area contributed by atoms with Gasteiger partial charge in [0.2, 0.25) is 0 Å². The van der Waals surface area contributed by atoms with Gasteiger partial charge in [-0.2, -0.15) is 0 Å². The van der Waals surface area contributed by atoms with Crippen LogP contribution in [0.25, 0.3) is 0 Å². The van der Waals surface area contributed by atoms with E-state index in [1.165, 1.54) is 6.92 Å². The molecule has 0 rings (SSSR count). The molecule has 43 valence electrons. The van der Waals surface area contributed by atoms with Crippen molar-refractivity contribution in [2.45, 2.75) is 19.3 Å². The van der Waals surface area contributed by atoms with E-state index in [4.69, 9.17) is 0 Å². The molecule has 0 aromatic rings. The smallest absolute Gasteiger partial charge is 0.206 e. The van der Waals surface area contributed by atoms with Crippen molar-refractivity contribution >= 4 is 12.6 Å². The van der Waals surface area contributed by atoms with Crippen molar-refractivity contribution < 1.29 is 8.78 Å². The van der Waals surface area contributed by atoms with Gasteiger partial charge in [0, 0.05) is 6.42 Å². The first-order valence-electron chi connectivity index (χ1n) is 2.08. The summed E-state index contributed by atoms with van der Waals surface area (Å²) in [6.07, 6.45) is -0.142. The SMILES string of the molecule is CCC(F)(F)C[S]. The minimum absolute atomic E-state index is 0.142. The van der Waals surface area contributed by atoms with E-state index in [-0.39, 0.29) is 6.42 Å². The van der Waals surface area contributed by atoms with E-state index in [2.05, 4.69) is 12.6 Å². The monoisotopic (exact) mass is 125 g/mol. The molecular formula is C4H7F2S. The Kier molecular flexibility index (Phi) is 2.58. The fourth-order valence-corrected chi connectivity index (χ4v) is 0.306. The summed E-state index contributed by atoms with van der Waals surface area (Å²) in [7, 11) is 0. The van der Waals surface area contributed by atoms with Gasteiger partial charge in [0.05, 0.1) is 5.75 Å². The van der Waals surface area contributed by atoms with Crippen LogP contribution in [0, 0.1) is 0 Å². The van der Waals surface area contributed by atoms with E-state index < -0.39 is 11.7 Å². The molecule has 0 saturated heterocycles. The quantitative estimate of drug-likeness (QED) is 0.531. The summed E-state index contributed by atoms with van der Waals surface area (Å²) in [5.74, 6) is -3.06. The molecule has 0 aromatic heterocycles. The fourth-order valence-electron chi connectivity index (χ4n) is 0.102. The van der Waals surface area contributed by atoms with Crippen molar-refractivity contribution in [1.82, 2.24) is 0 Å². The van der Waals surface area contributed by atoms with Gasteiger partial charge in [-0.15, -0.1) is 0 Å². The third-order valence-corrected chi connectivity index (χ3v) is 1.15. The Morgan fingerprint density at radius 1 is 1.57 bits per heavy atom. The molecule has 3 heteroatoms. The molecule has 0 unspecified atom stereocenters. The molecule has 0 fully saturated rings. The van der Waals surface area contributed by atoms with Crippen molar-refractivity contribution in [3.05, 3.63) is 0 Å². The average Bonchev–Trinajstić information content (AvgIpc) is 1.68. The highest BCUT2D eigenvalue weighted by atomic mass is 32.1. The Bertz CT molecular complexity index is 47.7.